The first-order valence-corrected chi connectivity index (χ1v) is 7.29. The molecule has 1 aliphatic heterocycles. The predicted octanol–water partition coefficient (Wildman–Crippen LogP) is 2.23. The molecule has 0 atom stereocenters. The summed E-state index contributed by atoms with van der Waals surface area (Å²) in [5.41, 5.74) is -0.541. The van der Waals surface area contributed by atoms with Crippen molar-refractivity contribution in [1.82, 2.24) is 4.90 Å². The number of halogens is 2. The summed E-state index contributed by atoms with van der Waals surface area (Å²) in [5.74, 6) is -0.599. The lowest BCUT2D eigenvalue weighted by atomic mass is 9.83. The second-order valence-electron chi connectivity index (χ2n) is 5.58. The van der Waals surface area contributed by atoms with E-state index in [2.05, 4.69) is 21.2 Å². The first kappa shape index (κ1) is 15.4. The smallest absolute Gasteiger partial charge is 0.238 e. The van der Waals surface area contributed by atoms with Gasteiger partial charge >= 0.3 is 0 Å². The van der Waals surface area contributed by atoms with Crippen molar-refractivity contribution in [3.8, 4) is 0 Å². The largest absolute Gasteiger partial charge is 0.387 e. The van der Waals surface area contributed by atoms with E-state index in [4.69, 9.17) is 0 Å². The Kier molecular flexibility index (Phi) is 4.46. The third-order valence-corrected chi connectivity index (χ3v) is 4.14. The van der Waals surface area contributed by atoms with Crippen molar-refractivity contribution in [3.63, 3.8) is 0 Å². The Labute approximate surface area is 126 Å². The third kappa shape index (κ3) is 3.37. The molecule has 2 rings (SSSR count). The number of benzene rings is 1. The average Bonchev–Trinajstić information content (AvgIpc) is 2.30. The normalized spacial score (nSPS) is 17.9. The van der Waals surface area contributed by atoms with Gasteiger partial charge < -0.3 is 10.4 Å². The first-order valence-electron chi connectivity index (χ1n) is 6.50. The highest BCUT2D eigenvalue weighted by molar-refractivity contribution is 9.10. The van der Waals surface area contributed by atoms with Crippen LogP contribution in [0.4, 0.5) is 10.1 Å². The monoisotopic (exact) mass is 344 g/mol. The maximum Gasteiger partial charge on any atom is 0.238 e. The summed E-state index contributed by atoms with van der Waals surface area (Å²) in [6.07, 6.45) is 0. The summed E-state index contributed by atoms with van der Waals surface area (Å²) in [5, 5.41) is 12.6. The molecule has 0 unspecified atom stereocenters. The molecule has 0 aliphatic carbocycles. The van der Waals surface area contributed by atoms with Crippen LogP contribution >= 0.6 is 15.9 Å². The van der Waals surface area contributed by atoms with E-state index in [1.807, 2.05) is 18.7 Å². The highest BCUT2D eigenvalue weighted by Crippen LogP contribution is 2.28. The molecule has 1 aliphatic rings. The molecule has 2 N–H and O–H groups in total. The van der Waals surface area contributed by atoms with Crippen LogP contribution in [-0.4, -0.2) is 41.1 Å². The van der Waals surface area contributed by atoms with Crippen LogP contribution in [0.25, 0.3) is 0 Å². The van der Waals surface area contributed by atoms with Gasteiger partial charge in [0.25, 0.3) is 0 Å². The van der Waals surface area contributed by atoms with Gasteiger partial charge in [-0.15, -0.1) is 0 Å². The maximum absolute atomic E-state index is 13.6. The first-order chi connectivity index (χ1) is 9.30. The maximum atomic E-state index is 13.6. The Bertz CT molecular complexity index is 516. The fraction of sp³-hybridized carbons (Fsp3) is 0.500. The Morgan fingerprint density at radius 2 is 2.20 bits per heavy atom. The molecule has 1 heterocycles. The quantitative estimate of drug-likeness (QED) is 0.880. The van der Waals surface area contributed by atoms with Gasteiger partial charge in [0.15, 0.2) is 0 Å². The second kappa shape index (κ2) is 5.79. The number of anilines is 1. The van der Waals surface area contributed by atoms with Crippen LogP contribution in [0.1, 0.15) is 13.8 Å². The molecule has 1 amide bonds. The Hall–Kier alpha value is -0.980. The van der Waals surface area contributed by atoms with Crippen LogP contribution in [0, 0.1) is 11.7 Å². The zero-order valence-electron chi connectivity index (χ0n) is 11.5. The summed E-state index contributed by atoms with van der Waals surface area (Å²) >= 11 is 3.16. The van der Waals surface area contributed by atoms with Gasteiger partial charge in [0.05, 0.1) is 17.8 Å². The van der Waals surface area contributed by atoms with E-state index in [0.717, 1.165) is 0 Å². The standard InChI is InChI=1S/C14H18BrFN2O2/c1-9(2)14(20)7-18(8-14)6-13(19)17-12-4-3-10(15)5-11(12)16/h3-5,9,20H,6-8H2,1-2H3,(H,17,19). The third-order valence-electron chi connectivity index (χ3n) is 3.64. The number of aliphatic hydroxyl groups is 1. The SMILES string of the molecule is CC(C)C1(O)CN(CC(=O)Nc2ccc(Br)cc2F)C1. The molecule has 0 radical (unpaired) electrons. The molecule has 0 aromatic heterocycles. The van der Waals surface area contributed by atoms with Gasteiger partial charge in [-0.2, -0.15) is 0 Å². The van der Waals surface area contributed by atoms with E-state index < -0.39 is 11.4 Å². The van der Waals surface area contributed by atoms with Crippen LogP contribution in [0.15, 0.2) is 22.7 Å². The lowest BCUT2D eigenvalue weighted by Crippen LogP contribution is -2.65. The number of hydrogen-bond donors (Lipinski definition) is 2. The highest BCUT2D eigenvalue weighted by Gasteiger charge is 2.43. The minimum absolute atomic E-state index is 0.157. The van der Waals surface area contributed by atoms with Crippen LogP contribution in [0.5, 0.6) is 0 Å². The molecule has 1 aromatic carbocycles. The van der Waals surface area contributed by atoms with Crippen LogP contribution in [-0.2, 0) is 4.79 Å². The number of nitrogens with zero attached hydrogens (tertiary/aromatic N) is 1. The van der Waals surface area contributed by atoms with E-state index in [1.54, 1.807) is 6.07 Å². The number of carbonyl (C=O) groups excluding carboxylic acids is 1. The van der Waals surface area contributed by atoms with Crippen molar-refractivity contribution in [1.29, 1.82) is 0 Å². The summed E-state index contributed by atoms with van der Waals surface area (Å²) < 4.78 is 14.2. The minimum Gasteiger partial charge on any atom is -0.387 e. The second-order valence-corrected chi connectivity index (χ2v) is 6.49. The van der Waals surface area contributed by atoms with Crippen LogP contribution in [0.2, 0.25) is 0 Å². The van der Waals surface area contributed by atoms with Crippen molar-refractivity contribution in [3.05, 3.63) is 28.5 Å². The molecule has 1 aromatic rings. The van der Waals surface area contributed by atoms with Gasteiger partial charge in [-0.05, 0) is 24.1 Å². The zero-order valence-corrected chi connectivity index (χ0v) is 13.1. The molecule has 0 spiro atoms. The van der Waals surface area contributed by atoms with Gasteiger partial charge in [0.2, 0.25) is 5.91 Å². The number of β-amino-alcohol motifs (C(OH)–C–C–N with tert-alkyl or cyclic N) is 1. The highest BCUT2D eigenvalue weighted by atomic mass is 79.9. The summed E-state index contributed by atoms with van der Waals surface area (Å²) in [7, 11) is 0. The Morgan fingerprint density at radius 1 is 1.55 bits per heavy atom. The lowest BCUT2D eigenvalue weighted by Gasteiger charge is -2.48. The van der Waals surface area contributed by atoms with Crippen molar-refractivity contribution in [2.24, 2.45) is 5.92 Å². The molecular formula is C14H18BrFN2O2. The fourth-order valence-corrected chi connectivity index (χ4v) is 2.52. The van der Waals surface area contributed by atoms with Crippen LogP contribution < -0.4 is 5.32 Å². The van der Waals surface area contributed by atoms with Crippen molar-refractivity contribution < 1.29 is 14.3 Å². The molecule has 4 nitrogen and oxygen atoms in total. The number of hydrogen-bond acceptors (Lipinski definition) is 3. The van der Waals surface area contributed by atoms with Crippen molar-refractivity contribution in [2.75, 3.05) is 25.0 Å². The van der Waals surface area contributed by atoms with Crippen LogP contribution in [0.3, 0.4) is 0 Å². The van der Waals surface area contributed by atoms with Crippen molar-refractivity contribution >= 4 is 27.5 Å². The van der Waals surface area contributed by atoms with Crippen molar-refractivity contribution in [2.45, 2.75) is 19.4 Å². The number of rotatable bonds is 4. The predicted molar refractivity (Wildman–Crippen MR) is 79.0 cm³/mol. The van der Waals surface area contributed by atoms with E-state index in [0.29, 0.717) is 17.6 Å². The lowest BCUT2D eigenvalue weighted by molar-refractivity contribution is -0.139. The number of carbonyl (C=O) groups is 1. The van der Waals surface area contributed by atoms with E-state index in [-0.39, 0.29) is 24.1 Å². The topological polar surface area (TPSA) is 52.6 Å². The molecule has 6 heteroatoms. The molecule has 1 fully saturated rings. The van der Waals surface area contributed by atoms with Gasteiger partial charge in [0, 0.05) is 17.6 Å². The molecule has 20 heavy (non-hydrogen) atoms. The molecule has 0 bridgehead atoms. The molecule has 110 valence electrons. The summed E-state index contributed by atoms with van der Waals surface area (Å²) in [4.78, 5) is 13.7. The number of nitrogens with one attached hydrogen (secondary N) is 1. The summed E-state index contributed by atoms with van der Waals surface area (Å²) in [6, 6.07) is 4.48. The van der Waals surface area contributed by atoms with E-state index >= 15 is 0 Å². The van der Waals surface area contributed by atoms with Gasteiger partial charge in [0.1, 0.15) is 5.82 Å². The van der Waals surface area contributed by atoms with Gasteiger partial charge in [-0.25, -0.2) is 4.39 Å². The van der Waals surface area contributed by atoms with Gasteiger partial charge in [-0.1, -0.05) is 29.8 Å². The molecule has 0 saturated carbocycles. The fourth-order valence-electron chi connectivity index (χ4n) is 2.19. The minimum atomic E-state index is -0.705. The van der Waals surface area contributed by atoms with E-state index in [1.165, 1.54) is 12.1 Å². The number of amides is 1. The van der Waals surface area contributed by atoms with Gasteiger partial charge in [-0.3, -0.25) is 9.69 Å². The molecule has 1 saturated heterocycles. The Balaban J connectivity index is 1.85. The van der Waals surface area contributed by atoms with E-state index in [9.17, 15) is 14.3 Å². The summed E-state index contributed by atoms with van der Waals surface area (Å²) in [6.45, 7) is 5.01. The average molecular weight is 345 g/mol. The Morgan fingerprint density at radius 3 is 2.75 bits per heavy atom. The zero-order chi connectivity index (χ0) is 14.9. The number of likely N-dealkylation sites (tertiary alicyclic amines) is 1. The molecular weight excluding hydrogens is 327 g/mol.